The number of benzene rings is 1. The lowest BCUT2D eigenvalue weighted by molar-refractivity contribution is 0.0694. The molecule has 0 unspecified atom stereocenters. The van der Waals surface area contributed by atoms with E-state index in [9.17, 15) is 9.90 Å². The van der Waals surface area contributed by atoms with Crippen LogP contribution in [0, 0.1) is 0 Å². The van der Waals surface area contributed by atoms with Gasteiger partial charge in [-0.05, 0) is 24.3 Å². The fraction of sp³-hybridized carbons (Fsp3) is 0. The molecule has 0 fully saturated rings. The summed E-state index contributed by atoms with van der Waals surface area (Å²) in [6.45, 7) is 0. The molecule has 15 heavy (non-hydrogen) atoms. The smallest absolute Gasteiger partial charge is 0.339 e. The first-order valence-corrected chi connectivity index (χ1v) is 4.29. The van der Waals surface area contributed by atoms with E-state index in [-0.39, 0.29) is 11.3 Å². The topological polar surface area (TPSA) is 70.7 Å². The molecular formula is C11H8O4. The SMILES string of the molecule is O=C(O)c1cccc(-c2ccco2)c1O. The van der Waals surface area contributed by atoms with Gasteiger partial charge in [-0.2, -0.15) is 0 Å². The summed E-state index contributed by atoms with van der Waals surface area (Å²) in [5.41, 5.74) is 0.240. The highest BCUT2D eigenvalue weighted by Crippen LogP contribution is 2.32. The Hall–Kier alpha value is -2.23. The molecule has 0 bridgehead atoms. The number of carboxylic acid groups (broad SMARTS) is 1. The normalized spacial score (nSPS) is 10.1. The number of carbonyl (C=O) groups is 1. The zero-order valence-corrected chi connectivity index (χ0v) is 7.68. The molecule has 0 aliphatic heterocycles. The summed E-state index contributed by atoms with van der Waals surface area (Å²) in [5.74, 6) is -1.00. The minimum absolute atomic E-state index is 0.135. The van der Waals surface area contributed by atoms with E-state index < -0.39 is 5.97 Å². The van der Waals surface area contributed by atoms with Gasteiger partial charge in [0.25, 0.3) is 0 Å². The van der Waals surface area contributed by atoms with Crippen LogP contribution in [0.25, 0.3) is 11.3 Å². The minimum atomic E-state index is -1.17. The van der Waals surface area contributed by atoms with E-state index in [1.165, 1.54) is 12.3 Å². The van der Waals surface area contributed by atoms with Crippen molar-refractivity contribution in [2.24, 2.45) is 0 Å². The molecule has 0 aliphatic carbocycles. The van der Waals surface area contributed by atoms with Crippen LogP contribution < -0.4 is 0 Å². The summed E-state index contributed by atoms with van der Waals surface area (Å²) in [6, 6.07) is 7.81. The van der Waals surface area contributed by atoms with E-state index in [1.807, 2.05) is 0 Å². The van der Waals surface area contributed by atoms with Gasteiger partial charge < -0.3 is 14.6 Å². The van der Waals surface area contributed by atoms with E-state index in [2.05, 4.69) is 0 Å². The lowest BCUT2D eigenvalue weighted by Gasteiger charge is -2.03. The first kappa shape index (κ1) is 9.33. The predicted octanol–water partition coefficient (Wildman–Crippen LogP) is 2.35. The molecule has 1 aromatic carbocycles. The third-order valence-electron chi connectivity index (χ3n) is 2.05. The highest BCUT2D eigenvalue weighted by molar-refractivity contribution is 5.93. The number of aromatic hydroxyl groups is 1. The van der Waals surface area contributed by atoms with Crippen LogP contribution in [-0.4, -0.2) is 16.2 Å². The van der Waals surface area contributed by atoms with Crippen molar-refractivity contribution in [2.45, 2.75) is 0 Å². The number of carboxylic acids is 1. The summed E-state index contributed by atoms with van der Waals surface area (Å²) in [7, 11) is 0. The van der Waals surface area contributed by atoms with Gasteiger partial charge >= 0.3 is 5.97 Å². The van der Waals surface area contributed by atoms with Gasteiger partial charge in [-0.1, -0.05) is 6.07 Å². The first-order valence-electron chi connectivity index (χ1n) is 4.29. The molecule has 0 atom stereocenters. The van der Waals surface area contributed by atoms with Crippen molar-refractivity contribution < 1.29 is 19.4 Å². The van der Waals surface area contributed by atoms with Crippen LogP contribution in [0.5, 0.6) is 5.75 Å². The summed E-state index contributed by atoms with van der Waals surface area (Å²) >= 11 is 0. The number of hydrogen-bond acceptors (Lipinski definition) is 3. The maximum Gasteiger partial charge on any atom is 0.339 e. The Balaban J connectivity index is 2.59. The number of para-hydroxylation sites is 1. The summed E-state index contributed by atoms with van der Waals surface area (Å²) in [5, 5.41) is 18.5. The lowest BCUT2D eigenvalue weighted by atomic mass is 10.1. The molecule has 76 valence electrons. The van der Waals surface area contributed by atoms with Crippen LogP contribution in [0.15, 0.2) is 41.0 Å². The molecule has 1 heterocycles. The molecule has 0 radical (unpaired) electrons. The number of furan rings is 1. The molecule has 4 nitrogen and oxygen atoms in total. The van der Waals surface area contributed by atoms with Crippen molar-refractivity contribution in [1.29, 1.82) is 0 Å². The second kappa shape index (κ2) is 3.49. The maximum absolute atomic E-state index is 10.8. The Morgan fingerprint density at radius 1 is 1.20 bits per heavy atom. The Kier molecular flexibility index (Phi) is 2.17. The summed E-state index contributed by atoms with van der Waals surface area (Å²) < 4.78 is 5.08. The lowest BCUT2D eigenvalue weighted by Crippen LogP contribution is -1.97. The number of aromatic carboxylic acids is 1. The van der Waals surface area contributed by atoms with Crippen molar-refractivity contribution in [3.05, 3.63) is 42.2 Å². The Bertz CT molecular complexity index is 485. The van der Waals surface area contributed by atoms with Crippen molar-refractivity contribution in [3.8, 4) is 17.1 Å². The molecule has 0 saturated carbocycles. The Morgan fingerprint density at radius 3 is 2.60 bits per heavy atom. The number of hydrogen-bond donors (Lipinski definition) is 2. The molecule has 0 spiro atoms. The molecule has 2 rings (SSSR count). The molecule has 2 aromatic rings. The molecule has 0 amide bonds. The zero-order valence-electron chi connectivity index (χ0n) is 7.68. The third-order valence-corrected chi connectivity index (χ3v) is 2.05. The number of phenols is 1. The van der Waals surface area contributed by atoms with Gasteiger partial charge in [-0.25, -0.2) is 4.79 Å². The molecule has 1 aromatic heterocycles. The largest absolute Gasteiger partial charge is 0.506 e. The second-order valence-corrected chi connectivity index (χ2v) is 2.98. The highest BCUT2D eigenvalue weighted by Gasteiger charge is 2.15. The molecule has 0 aliphatic rings. The van der Waals surface area contributed by atoms with Crippen LogP contribution >= 0.6 is 0 Å². The average molecular weight is 204 g/mol. The predicted molar refractivity (Wildman–Crippen MR) is 52.8 cm³/mol. The summed E-state index contributed by atoms with van der Waals surface area (Å²) in [4.78, 5) is 10.8. The van der Waals surface area contributed by atoms with Gasteiger partial charge in [0, 0.05) is 0 Å². The van der Waals surface area contributed by atoms with Crippen molar-refractivity contribution in [3.63, 3.8) is 0 Å². The van der Waals surface area contributed by atoms with E-state index in [1.54, 1.807) is 24.3 Å². The van der Waals surface area contributed by atoms with Crippen LogP contribution in [-0.2, 0) is 0 Å². The third kappa shape index (κ3) is 1.57. The molecule has 4 heteroatoms. The van der Waals surface area contributed by atoms with Gasteiger partial charge in [0.15, 0.2) is 0 Å². The van der Waals surface area contributed by atoms with Crippen molar-refractivity contribution in [2.75, 3.05) is 0 Å². The van der Waals surface area contributed by atoms with Crippen LogP contribution in [0.1, 0.15) is 10.4 Å². The Morgan fingerprint density at radius 2 is 2.00 bits per heavy atom. The first-order chi connectivity index (χ1) is 7.20. The molecule has 2 N–H and O–H groups in total. The van der Waals surface area contributed by atoms with Crippen LogP contribution in [0.4, 0.5) is 0 Å². The van der Waals surface area contributed by atoms with Gasteiger partial charge in [0.1, 0.15) is 17.1 Å². The molecule has 0 saturated heterocycles. The van der Waals surface area contributed by atoms with E-state index in [0.29, 0.717) is 11.3 Å². The van der Waals surface area contributed by atoms with Gasteiger partial charge in [-0.3, -0.25) is 0 Å². The average Bonchev–Trinajstić information content (AvgIpc) is 2.70. The maximum atomic E-state index is 10.8. The fourth-order valence-electron chi connectivity index (χ4n) is 1.35. The van der Waals surface area contributed by atoms with E-state index >= 15 is 0 Å². The summed E-state index contributed by atoms with van der Waals surface area (Å²) in [6.07, 6.45) is 1.46. The molecular weight excluding hydrogens is 196 g/mol. The Labute approximate surface area is 85.4 Å². The standard InChI is InChI=1S/C11H8O4/c12-10-7(9-5-2-6-15-9)3-1-4-8(10)11(13)14/h1-6,12H,(H,13,14). The van der Waals surface area contributed by atoms with Gasteiger partial charge in [-0.15, -0.1) is 0 Å². The minimum Gasteiger partial charge on any atom is -0.506 e. The fourth-order valence-corrected chi connectivity index (χ4v) is 1.35. The zero-order chi connectivity index (χ0) is 10.8. The monoisotopic (exact) mass is 204 g/mol. The van der Waals surface area contributed by atoms with Crippen LogP contribution in [0.3, 0.4) is 0 Å². The van der Waals surface area contributed by atoms with E-state index in [4.69, 9.17) is 9.52 Å². The van der Waals surface area contributed by atoms with Crippen LogP contribution in [0.2, 0.25) is 0 Å². The van der Waals surface area contributed by atoms with Crippen molar-refractivity contribution >= 4 is 5.97 Å². The van der Waals surface area contributed by atoms with Gasteiger partial charge in [0.05, 0.1) is 11.8 Å². The highest BCUT2D eigenvalue weighted by atomic mass is 16.4. The second-order valence-electron chi connectivity index (χ2n) is 2.98. The van der Waals surface area contributed by atoms with E-state index in [0.717, 1.165) is 0 Å². The van der Waals surface area contributed by atoms with Crippen molar-refractivity contribution in [1.82, 2.24) is 0 Å². The quantitative estimate of drug-likeness (QED) is 0.787. The number of rotatable bonds is 2. The van der Waals surface area contributed by atoms with Gasteiger partial charge in [0.2, 0.25) is 0 Å².